The zero-order valence-corrected chi connectivity index (χ0v) is 76.9. The molecule has 142 heavy (non-hydrogen) atoms. The first-order chi connectivity index (χ1) is 70.4. The number of fused-ring (bicyclic) bond motifs is 17. The van der Waals surface area contributed by atoms with E-state index in [9.17, 15) is 0 Å². The molecule has 3 heterocycles. The van der Waals surface area contributed by atoms with Crippen molar-refractivity contribution in [2.24, 2.45) is 0 Å². The highest BCUT2D eigenvalue weighted by Crippen LogP contribution is 2.51. The Balaban J connectivity index is 0.000000110. The highest BCUT2D eigenvalue weighted by atomic mass is 15.1. The van der Waals surface area contributed by atoms with E-state index in [-0.39, 0.29) is 0 Å². The van der Waals surface area contributed by atoms with Crippen LogP contribution >= 0.6 is 0 Å². The van der Waals surface area contributed by atoms with E-state index in [0.29, 0.717) is 52.4 Å². The van der Waals surface area contributed by atoms with E-state index in [1.165, 1.54) is 126 Å². The minimum absolute atomic E-state index is 0.639. The molecule has 28 rings (SSSR count). The predicted octanol–water partition coefficient (Wildman–Crippen LogP) is 34.5. The summed E-state index contributed by atoms with van der Waals surface area (Å²) in [4.78, 5) is 46.1. The third kappa shape index (κ3) is 15.4. The smallest absolute Gasteiger partial charge is 0.164 e. The van der Waals surface area contributed by atoms with Gasteiger partial charge in [-0.25, -0.2) is 44.9 Å². The van der Waals surface area contributed by atoms with Gasteiger partial charge in [0.2, 0.25) is 0 Å². The van der Waals surface area contributed by atoms with E-state index >= 15 is 0 Å². The van der Waals surface area contributed by atoms with Gasteiger partial charge in [0.25, 0.3) is 0 Å². The zero-order valence-electron chi connectivity index (χ0n) is 76.9. The molecule has 0 aliphatic heterocycles. The summed E-state index contributed by atoms with van der Waals surface area (Å²) in [5.74, 6) is 5.87. The van der Waals surface area contributed by atoms with Gasteiger partial charge in [0, 0.05) is 50.1 Å². The monoisotopic (exact) mass is 1810 g/mol. The molecule has 0 unspecified atom stereocenters. The summed E-state index contributed by atoms with van der Waals surface area (Å²) >= 11 is 0. The van der Waals surface area contributed by atoms with E-state index in [2.05, 4.69) is 449 Å². The van der Waals surface area contributed by atoms with Crippen LogP contribution in [-0.2, 0) is 0 Å². The molecule has 0 N–H and O–H groups in total. The Morgan fingerprint density at radius 2 is 0.338 bits per heavy atom. The number of hydrogen-bond acceptors (Lipinski definition) is 9. The summed E-state index contributed by atoms with van der Waals surface area (Å²) in [6, 6.07) is 177. The molecular formula is C133H83N9. The molecule has 24 aromatic carbocycles. The fourth-order valence-electron chi connectivity index (χ4n) is 20.9. The lowest BCUT2D eigenvalue weighted by Gasteiger charge is -2.16. The summed E-state index contributed by atoms with van der Waals surface area (Å²) in [6.07, 6.45) is 0. The van der Waals surface area contributed by atoms with Crippen LogP contribution in [0.25, 0.3) is 277 Å². The Hall–Kier alpha value is -19.1. The highest BCUT2D eigenvalue weighted by Gasteiger charge is 2.27. The van der Waals surface area contributed by atoms with Crippen molar-refractivity contribution < 1.29 is 0 Å². The van der Waals surface area contributed by atoms with Gasteiger partial charge < -0.3 is 0 Å². The quantitative estimate of drug-likeness (QED) is 0.110. The van der Waals surface area contributed by atoms with Gasteiger partial charge in [-0.3, -0.25) is 0 Å². The number of nitrogens with zero attached hydrogens (tertiary/aromatic N) is 9. The maximum Gasteiger partial charge on any atom is 0.164 e. The summed E-state index contributed by atoms with van der Waals surface area (Å²) in [5, 5.41) is 23.9. The molecule has 0 fully saturated rings. The van der Waals surface area contributed by atoms with Gasteiger partial charge >= 0.3 is 0 Å². The van der Waals surface area contributed by atoms with Crippen LogP contribution < -0.4 is 0 Å². The second-order valence-corrected chi connectivity index (χ2v) is 36.1. The molecule has 9 nitrogen and oxygen atoms in total. The van der Waals surface area contributed by atoms with Crippen LogP contribution in [0, 0.1) is 0 Å². The van der Waals surface area contributed by atoms with Gasteiger partial charge in [0.1, 0.15) is 0 Å². The van der Waals surface area contributed by atoms with Gasteiger partial charge in [-0.05, 0) is 217 Å². The van der Waals surface area contributed by atoms with Crippen molar-refractivity contribution in [1.82, 2.24) is 44.9 Å². The van der Waals surface area contributed by atoms with Crippen LogP contribution in [0.1, 0.15) is 0 Å². The number of aromatic nitrogens is 9. The maximum atomic E-state index is 5.36. The van der Waals surface area contributed by atoms with Crippen molar-refractivity contribution in [3.8, 4) is 169 Å². The molecule has 660 valence electrons. The molecule has 9 heteroatoms. The molecule has 1 aliphatic carbocycles. The van der Waals surface area contributed by atoms with Crippen LogP contribution in [0.4, 0.5) is 0 Å². The largest absolute Gasteiger partial charge is 0.208 e. The fourth-order valence-corrected chi connectivity index (χ4v) is 20.9. The van der Waals surface area contributed by atoms with E-state index in [4.69, 9.17) is 44.9 Å². The molecule has 0 radical (unpaired) electrons. The number of rotatable bonds is 12. The highest BCUT2D eigenvalue weighted by molar-refractivity contribution is 6.20. The standard InChI is InChI=1S/C51H31N3.C43H27N3.C39H25N3/c1-2-13-32(14-3-1)33-25-27-34(28-26-33)49-52-50(54-51(53-49)47-31-35-15-4-5-16-36(35)37-17-6-11-22-42(37)47)46-30-29-45-41-21-10-8-19-39(41)38-18-7-9-20-40(38)43-23-12-24-44(46)48(43)45;1-2-13-29(14-3-1)41-44-42(32-25-24-28-12-4-5-15-30(28)26-32)46-43(45-41)39-23-11-20-35-36(39)21-10-22-38(35)40-27-31-16-6-7-17-33(31)34-18-8-9-19-37(34)40;1-2-12-27(13-3-1)37-40-38(42-39(41-37)32-22-21-26-11-4-5-14-28(26)23-32)31-17-10-16-29(24-31)36-25-30-15-6-7-18-33(30)34-19-8-9-20-35(34)36/h1-31H;1-27H;1-25H. The molecule has 3 aromatic heterocycles. The second kappa shape index (κ2) is 35.9. The first kappa shape index (κ1) is 83.5. The Bertz CT molecular complexity index is 9640. The van der Waals surface area contributed by atoms with Crippen molar-refractivity contribution in [2.75, 3.05) is 0 Å². The van der Waals surface area contributed by atoms with Gasteiger partial charge in [0.05, 0.1) is 0 Å². The van der Waals surface area contributed by atoms with Crippen LogP contribution in [0.15, 0.2) is 504 Å². The summed E-state index contributed by atoms with van der Waals surface area (Å²) in [7, 11) is 0. The molecule has 0 spiro atoms. The van der Waals surface area contributed by atoms with Crippen LogP contribution in [0.3, 0.4) is 0 Å². The molecule has 27 aromatic rings. The minimum atomic E-state index is 0.639. The molecule has 0 saturated heterocycles. The predicted molar refractivity (Wildman–Crippen MR) is 590 cm³/mol. The van der Waals surface area contributed by atoms with Gasteiger partial charge in [0.15, 0.2) is 52.4 Å². The summed E-state index contributed by atoms with van der Waals surface area (Å²) in [5.41, 5.74) is 23.1. The Kier molecular flexibility index (Phi) is 21.1. The van der Waals surface area contributed by atoms with Crippen molar-refractivity contribution in [3.63, 3.8) is 0 Å². The van der Waals surface area contributed by atoms with Gasteiger partial charge in [-0.2, -0.15) is 0 Å². The van der Waals surface area contributed by atoms with Crippen molar-refractivity contribution >= 4 is 108 Å². The lowest BCUT2D eigenvalue weighted by molar-refractivity contribution is 1.07. The molecule has 1 aliphatic rings. The van der Waals surface area contributed by atoms with E-state index in [1.54, 1.807) is 0 Å². The van der Waals surface area contributed by atoms with Gasteiger partial charge in [-0.15, -0.1) is 0 Å². The molecule has 0 bridgehead atoms. The average molecular weight is 1810 g/mol. The van der Waals surface area contributed by atoms with E-state index in [1.807, 2.05) is 54.6 Å². The maximum absolute atomic E-state index is 5.36. The summed E-state index contributed by atoms with van der Waals surface area (Å²) < 4.78 is 0. The van der Waals surface area contributed by atoms with E-state index in [0.717, 1.165) is 98.9 Å². The zero-order chi connectivity index (χ0) is 93.9. The van der Waals surface area contributed by atoms with Crippen LogP contribution in [0.5, 0.6) is 0 Å². The molecular weight excluding hydrogens is 1720 g/mol. The van der Waals surface area contributed by atoms with Gasteiger partial charge in [-0.1, -0.05) is 461 Å². The average Bonchev–Trinajstić information content (AvgIpc) is 1.55. The Morgan fingerprint density at radius 3 is 0.831 bits per heavy atom. The molecule has 0 amide bonds. The van der Waals surface area contributed by atoms with Crippen molar-refractivity contribution in [3.05, 3.63) is 504 Å². The summed E-state index contributed by atoms with van der Waals surface area (Å²) in [6.45, 7) is 0. The first-order valence-corrected chi connectivity index (χ1v) is 48.0. The molecule has 0 atom stereocenters. The fraction of sp³-hybridized carbons (Fsp3) is 0. The third-order valence-corrected chi connectivity index (χ3v) is 27.7. The lowest BCUT2D eigenvalue weighted by atomic mass is 9.90. The number of benzene rings is 24. The Labute approximate surface area is 819 Å². The SMILES string of the molecule is c1ccc(-c2ccc(-c3nc(-c4ccc5c6c(cccc46)-c4ccccc4-c4ccccc4-5)nc(-c4cc5ccccc5c5ccccc45)n3)cc2)cc1.c1ccc(-c2nc(-c3ccc4ccccc4c3)nc(-c3cccc4c(-c5cc6ccccc6c6ccccc56)cccc34)n2)cc1.c1ccc(-c2nc(-c3cccc(-c4cc5ccccc5c5ccccc45)c3)nc(-c3ccc4ccccc4c3)n2)cc1. The lowest BCUT2D eigenvalue weighted by Crippen LogP contribution is -2.01. The minimum Gasteiger partial charge on any atom is -0.208 e. The van der Waals surface area contributed by atoms with Crippen molar-refractivity contribution in [1.29, 1.82) is 0 Å². The first-order valence-electron chi connectivity index (χ1n) is 48.0. The normalized spacial score (nSPS) is 11.5. The Morgan fingerprint density at radius 1 is 0.0915 bits per heavy atom. The van der Waals surface area contributed by atoms with Crippen LogP contribution in [-0.4, -0.2) is 44.9 Å². The van der Waals surface area contributed by atoms with Crippen molar-refractivity contribution in [2.45, 2.75) is 0 Å². The van der Waals surface area contributed by atoms with Crippen LogP contribution in [0.2, 0.25) is 0 Å². The van der Waals surface area contributed by atoms with E-state index < -0.39 is 0 Å². The molecule has 0 saturated carbocycles. The third-order valence-electron chi connectivity index (χ3n) is 27.7. The number of hydrogen-bond donors (Lipinski definition) is 0. The second-order valence-electron chi connectivity index (χ2n) is 36.1. The topological polar surface area (TPSA) is 116 Å².